The molecule has 24 heavy (non-hydrogen) atoms. The maximum absolute atomic E-state index is 12.5. The van der Waals surface area contributed by atoms with E-state index in [1.165, 1.54) is 12.7 Å². The molecular weight excluding hydrogens is 300 g/mol. The van der Waals surface area contributed by atoms with E-state index in [9.17, 15) is 15.0 Å². The Morgan fingerprint density at radius 1 is 1.04 bits per heavy atom. The minimum Gasteiger partial charge on any atom is -0.393 e. The van der Waals surface area contributed by atoms with Crippen molar-refractivity contribution in [1.29, 1.82) is 0 Å². The van der Waals surface area contributed by atoms with Crippen molar-refractivity contribution < 1.29 is 15.0 Å². The maximum atomic E-state index is 12.5. The van der Waals surface area contributed by atoms with E-state index >= 15 is 0 Å². The van der Waals surface area contributed by atoms with Crippen molar-refractivity contribution in [2.24, 2.45) is 34.0 Å². The molecule has 0 saturated heterocycles. The van der Waals surface area contributed by atoms with Crippen LogP contribution in [0.25, 0.3) is 0 Å². The zero-order chi connectivity index (χ0) is 17.8. The standard InChI is InChI=1S/C21H36O3/c1-15-6-7-17-19(4,12-21(15,24)14-23)11-8-16-18(2,3)9-5-10-20(16,17)13-22/h13,15-17,23-24H,5-12,14H2,1-4H3/t15-,16+,17+,19+,20+,21-/m0/s1. The van der Waals surface area contributed by atoms with Crippen molar-refractivity contribution in [3.05, 3.63) is 0 Å². The summed E-state index contributed by atoms with van der Waals surface area (Å²) >= 11 is 0. The van der Waals surface area contributed by atoms with Gasteiger partial charge >= 0.3 is 0 Å². The first-order valence-corrected chi connectivity index (χ1v) is 9.93. The Morgan fingerprint density at radius 2 is 1.75 bits per heavy atom. The van der Waals surface area contributed by atoms with Gasteiger partial charge in [0.1, 0.15) is 6.29 Å². The topological polar surface area (TPSA) is 57.5 Å². The molecule has 0 unspecified atom stereocenters. The molecule has 0 spiro atoms. The summed E-state index contributed by atoms with van der Waals surface area (Å²) in [6.45, 7) is 8.87. The molecule has 0 aliphatic heterocycles. The van der Waals surface area contributed by atoms with E-state index < -0.39 is 5.60 Å². The van der Waals surface area contributed by atoms with Crippen LogP contribution in [0.2, 0.25) is 0 Å². The molecule has 3 nitrogen and oxygen atoms in total. The smallest absolute Gasteiger partial charge is 0.126 e. The Hall–Kier alpha value is -0.410. The van der Waals surface area contributed by atoms with Gasteiger partial charge in [0.15, 0.2) is 0 Å². The second-order valence-electron chi connectivity index (χ2n) is 10.3. The lowest BCUT2D eigenvalue weighted by molar-refractivity contribution is -0.165. The molecule has 138 valence electrons. The minimum absolute atomic E-state index is 0.0485. The maximum Gasteiger partial charge on any atom is 0.126 e. The third-order valence-electron chi connectivity index (χ3n) is 8.53. The third-order valence-corrected chi connectivity index (χ3v) is 8.53. The van der Waals surface area contributed by atoms with Crippen LogP contribution in [0, 0.1) is 34.0 Å². The number of hydrogen-bond donors (Lipinski definition) is 2. The van der Waals surface area contributed by atoms with Gasteiger partial charge in [-0.05, 0) is 73.5 Å². The van der Waals surface area contributed by atoms with Crippen LogP contribution in [0.1, 0.15) is 79.1 Å². The van der Waals surface area contributed by atoms with Gasteiger partial charge in [0, 0.05) is 5.41 Å². The van der Waals surface area contributed by atoms with Gasteiger partial charge in [-0.1, -0.05) is 34.1 Å². The first-order chi connectivity index (χ1) is 11.1. The predicted molar refractivity (Wildman–Crippen MR) is 95.5 cm³/mol. The van der Waals surface area contributed by atoms with E-state index in [2.05, 4.69) is 27.7 Å². The first-order valence-electron chi connectivity index (χ1n) is 9.93. The van der Waals surface area contributed by atoms with E-state index in [-0.39, 0.29) is 28.8 Å². The van der Waals surface area contributed by atoms with Gasteiger partial charge in [0.2, 0.25) is 0 Å². The van der Waals surface area contributed by atoms with Gasteiger partial charge in [-0.3, -0.25) is 0 Å². The normalized spacial score (nSPS) is 51.2. The van der Waals surface area contributed by atoms with E-state index in [1.807, 2.05) is 0 Å². The number of fused-ring (bicyclic) bond motifs is 3. The fraction of sp³-hybridized carbons (Fsp3) is 0.952. The molecule has 3 rings (SSSR count). The summed E-state index contributed by atoms with van der Waals surface area (Å²) in [7, 11) is 0. The summed E-state index contributed by atoms with van der Waals surface area (Å²) in [5.74, 6) is 0.887. The Balaban J connectivity index is 2.04. The van der Waals surface area contributed by atoms with Crippen molar-refractivity contribution in [2.45, 2.75) is 84.7 Å². The lowest BCUT2D eigenvalue weighted by Crippen LogP contribution is -2.58. The summed E-state index contributed by atoms with van der Waals surface area (Å²) < 4.78 is 0. The predicted octanol–water partition coefficient (Wildman–Crippen LogP) is 3.96. The van der Waals surface area contributed by atoms with Crippen LogP contribution in [-0.2, 0) is 4.79 Å². The van der Waals surface area contributed by atoms with E-state index in [0.717, 1.165) is 38.5 Å². The molecule has 0 aromatic rings. The minimum atomic E-state index is -0.995. The largest absolute Gasteiger partial charge is 0.393 e. The molecule has 2 N–H and O–H groups in total. The highest BCUT2D eigenvalue weighted by molar-refractivity contribution is 5.62. The number of aliphatic hydroxyl groups is 2. The van der Waals surface area contributed by atoms with Crippen LogP contribution >= 0.6 is 0 Å². The van der Waals surface area contributed by atoms with Gasteiger partial charge in [-0.15, -0.1) is 0 Å². The van der Waals surface area contributed by atoms with Crippen LogP contribution in [-0.4, -0.2) is 28.7 Å². The number of aldehydes is 1. The summed E-state index contributed by atoms with van der Waals surface area (Å²) in [5, 5.41) is 20.9. The average molecular weight is 337 g/mol. The van der Waals surface area contributed by atoms with Crippen molar-refractivity contribution in [2.75, 3.05) is 6.61 Å². The van der Waals surface area contributed by atoms with Crippen molar-refractivity contribution in [3.63, 3.8) is 0 Å². The molecule has 0 aromatic carbocycles. The Bertz CT molecular complexity index is 501. The van der Waals surface area contributed by atoms with Crippen LogP contribution in [0.3, 0.4) is 0 Å². The van der Waals surface area contributed by atoms with Crippen LogP contribution < -0.4 is 0 Å². The molecule has 3 heteroatoms. The summed E-state index contributed by atoms with van der Waals surface area (Å²) in [4.78, 5) is 12.5. The van der Waals surface area contributed by atoms with Gasteiger partial charge in [0.25, 0.3) is 0 Å². The number of carbonyl (C=O) groups is 1. The van der Waals surface area contributed by atoms with Gasteiger partial charge in [-0.2, -0.15) is 0 Å². The number of aliphatic hydroxyl groups excluding tert-OH is 1. The van der Waals surface area contributed by atoms with Crippen LogP contribution in [0.4, 0.5) is 0 Å². The second-order valence-corrected chi connectivity index (χ2v) is 10.3. The highest BCUT2D eigenvalue weighted by atomic mass is 16.3. The van der Waals surface area contributed by atoms with E-state index in [4.69, 9.17) is 0 Å². The van der Waals surface area contributed by atoms with Crippen molar-refractivity contribution in [3.8, 4) is 0 Å². The van der Waals surface area contributed by atoms with Crippen molar-refractivity contribution in [1.82, 2.24) is 0 Å². The molecule has 0 amide bonds. The molecule has 6 atom stereocenters. The summed E-state index contributed by atoms with van der Waals surface area (Å²) in [6, 6.07) is 0. The fourth-order valence-corrected chi connectivity index (χ4v) is 7.12. The van der Waals surface area contributed by atoms with E-state index in [1.54, 1.807) is 0 Å². The second kappa shape index (κ2) is 5.81. The van der Waals surface area contributed by atoms with E-state index in [0.29, 0.717) is 18.3 Å². The number of hydrogen-bond acceptors (Lipinski definition) is 3. The molecular formula is C21H36O3. The monoisotopic (exact) mass is 336 g/mol. The molecule has 0 heterocycles. The molecule has 3 aliphatic rings. The summed E-state index contributed by atoms with van der Waals surface area (Å²) in [6.07, 6.45) is 9.36. The molecule has 0 bridgehead atoms. The van der Waals surface area contributed by atoms with Gasteiger partial charge in [0.05, 0.1) is 12.2 Å². The molecule has 3 aliphatic carbocycles. The molecule has 0 radical (unpaired) electrons. The highest BCUT2D eigenvalue weighted by Gasteiger charge is 2.62. The van der Waals surface area contributed by atoms with Gasteiger partial charge in [-0.25, -0.2) is 0 Å². The zero-order valence-electron chi connectivity index (χ0n) is 16.0. The average Bonchev–Trinajstić information content (AvgIpc) is 2.62. The zero-order valence-corrected chi connectivity index (χ0v) is 16.0. The molecule has 3 fully saturated rings. The highest BCUT2D eigenvalue weighted by Crippen LogP contribution is 2.67. The van der Waals surface area contributed by atoms with Crippen LogP contribution in [0.5, 0.6) is 0 Å². The Labute approximate surface area is 147 Å². The fourth-order valence-electron chi connectivity index (χ4n) is 7.12. The SMILES string of the molecule is C[C@H]1CC[C@@H]2[C@](C)(CC[C@@H]3C(C)(C)CCC[C@@]32C=O)C[C@]1(O)CO. The van der Waals surface area contributed by atoms with Crippen LogP contribution in [0.15, 0.2) is 0 Å². The summed E-state index contributed by atoms with van der Waals surface area (Å²) in [5.41, 5.74) is -1.04. The van der Waals surface area contributed by atoms with Crippen molar-refractivity contribution >= 4 is 6.29 Å². The molecule has 0 aromatic heterocycles. The first kappa shape index (κ1) is 18.4. The Kier molecular flexibility index (Phi) is 4.45. The molecule has 3 saturated carbocycles. The number of rotatable bonds is 2. The lowest BCUT2D eigenvalue weighted by Gasteiger charge is -2.61. The number of carbonyl (C=O) groups excluding carboxylic acids is 1. The van der Waals surface area contributed by atoms with Gasteiger partial charge < -0.3 is 15.0 Å². The lowest BCUT2D eigenvalue weighted by atomic mass is 9.42. The third kappa shape index (κ3) is 2.49. The quantitative estimate of drug-likeness (QED) is 0.751. The Morgan fingerprint density at radius 3 is 2.38 bits per heavy atom.